The zero-order valence-electron chi connectivity index (χ0n) is 4.90. The van der Waals surface area contributed by atoms with E-state index in [1.165, 1.54) is 0 Å². The van der Waals surface area contributed by atoms with Crippen LogP contribution in [0.25, 0.3) is 0 Å². The quantitative estimate of drug-likeness (QED) is 0.415. The molecular weight excluding hydrogens is 106 g/mol. The number of rotatable bonds is 2. The number of amides is 2. The second-order valence-corrected chi connectivity index (χ2v) is 1.24. The van der Waals surface area contributed by atoms with Gasteiger partial charge in [-0.1, -0.05) is 0 Å². The highest BCUT2D eigenvalue weighted by Gasteiger charge is 1.89. The Morgan fingerprint density at radius 3 is 2.62 bits per heavy atom. The first-order chi connectivity index (χ1) is 3.81. The van der Waals surface area contributed by atoms with Crippen molar-refractivity contribution in [3.63, 3.8) is 0 Å². The molecule has 0 aromatic carbocycles. The van der Waals surface area contributed by atoms with E-state index >= 15 is 0 Å². The van der Waals surface area contributed by atoms with Crippen molar-refractivity contribution in [1.82, 2.24) is 10.6 Å². The Hall–Kier alpha value is -0.770. The number of urea groups is 1. The molecule has 0 spiro atoms. The Labute approximate surface area is 48.4 Å². The van der Waals surface area contributed by atoms with Gasteiger partial charge in [-0.15, -0.1) is 0 Å². The van der Waals surface area contributed by atoms with Gasteiger partial charge in [0.05, 0.1) is 6.67 Å². The van der Waals surface area contributed by atoms with Crippen LogP contribution in [-0.2, 0) is 0 Å². The average molecular weight is 117 g/mol. The Morgan fingerprint density at radius 2 is 2.25 bits per heavy atom. The SMILES string of the molecule is CCNC(=O)NCN. The largest absolute Gasteiger partial charge is 0.338 e. The maximum Gasteiger partial charge on any atom is 0.315 e. The molecule has 0 bridgehead atoms. The summed E-state index contributed by atoms with van der Waals surface area (Å²) in [6.45, 7) is 2.66. The molecule has 0 unspecified atom stereocenters. The average Bonchev–Trinajstić information content (AvgIpc) is 1.68. The molecule has 0 saturated carbocycles. The fraction of sp³-hybridized carbons (Fsp3) is 0.750. The number of carbonyl (C=O) groups excluding carboxylic acids is 1. The molecule has 8 heavy (non-hydrogen) atoms. The number of nitrogens with one attached hydrogen (secondary N) is 2. The minimum absolute atomic E-state index is 0.186. The van der Waals surface area contributed by atoms with Crippen molar-refractivity contribution < 1.29 is 4.79 Å². The predicted molar refractivity (Wildman–Crippen MR) is 31.3 cm³/mol. The third-order valence-corrected chi connectivity index (χ3v) is 0.600. The van der Waals surface area contributed by atoms with Crippen LogP contribution in [0.2, 0.25) is 0 Å². The van der Waals surface area contributed by atoms with Gasteiger partial charge in [0.25, 0.3) is 0 Å². The van der Waals surface area contributed by atoms with E-state index in [0.29, 0.717) is 6.54 Å². The zero-order chi connectivity index (χ0) is 6.41. The predicted octanol–water partition coefficient (Wildman–Crippen LogP) is -0.778. The Balaban J connectivity index is 3.06. The van der Waals surface area contributed by atoms with Gasteiger partial charge in [0.15, 0.2) is 0 Å². The summed E-state index contributed by atoms with van der Waals surface area (Å²) in [5.74, 6) is 0. The maximum absolute atomic E-state index is 10.3. The molecule has 0 aromatic rings. The smallest absolute Gasteiger partial charge is 0.315 e. The first-order valence-corrected chi connectivity index (χ1v) is 2.53. The van der Waals surface area contributed by atoms with Gasteiger partial charge in [-0.25, -0.2) is 4.79 Å². The van der Waals surface area contributed by atoms with E-state index in [9.17, 15) is 4.79 Å². The Morgan fingerprint density at radius 1 is 1.62 bits per heavy atom. The topological polar surface area (TPSA) is 67.2 Å². The van der Waals surface area contributed by atoms with Crippen LogP contribution >= 0.6 is 0 Å². The van der Waals surface area contributed by atoms with Crippen molar-refractivity contribution in [1.29, 1.82) is 0 Å². The lowest BCUT2D eigenvalue weighted by atomic mass is 10.7. The van der Waals surface area contributed by atoms with Crippen molar-refractivity contribution in [2.24, 2.45) is 5.73 Å². The highest BCUT2D eigenvalue weighted by atomic mass is 16.2. The molecule has 0 aromatic heterocycles. The number of nitrogens with two attached hydrogens (primary N) is 1. The zero-order valence-corrected chi connectivity index (χ0v) is 4.90. The molecule has 0 radical (unpaired) electrons. The molecule has 48 valence electrons. The van der Waals surface area contributed by atoms with Gasteiger partial charge in [-0.05, 0) is 6.92 Å². The lowest BCUT2D eigenvalue weighted by Gasteiger charge is -1.99. The molecule has 4 N–H and O–H groups in total. The van der Waals surface area contributed by atoms with E-state index in [0.717, 1.165) is 0 Å². The standard InChI is InChI=1S/C4H11N3O/c1-2-6-4(8)7-3-5/h2-3,5H2,1H3,(H2,6,7,8). The molecule has 0 aliphatic heterocycles. The van der Waals surface area contributed by atoms with E-state index in [1.54, 1.807) is 0 Å². The van der Waals surface area contributed by atoms with Crippen molar-refractivity contribution in [2.45, 2.75) is 6.92 Å². The molecule has 0 atom stereocenters. The van der Waals surface area contributed by atoms with Crippen LogP contribution in [0.4, 0.5) is 4.79 Å². The van der Waals surface area contributed by atoms with Gasteiger partial charge < -0.3 is 16.4 Å². The summed E-state index contributed by atoms with van der Waals surface area (Å²) in [4.78, 5) is 10.3. The first-order valence-electron chi connectivity index (χ1n) is 2.53. The van der Waals surface area contributed by atoms with Crippen LogP contribution in [-0.4, -0.2) is 19.2 Å². The van der Waals surface area contributed by atoms with Crippen LogP contribution in [0.15, 0.2) is 0 Å². The van der Waals surface area contributed by atoms with Crippen molar-refractivity contribution >= 4 is 6.03 Å². The third kappa shape index (κ3) is 3.42. The number of carbonyl (C=O) groups is 1. The van der Waals surface area contributed by atoms with Crippen LogP contribution in [0.3, 0.4) is 0 Å². The summed E-state index contributed by atoms with van der Waals surface area (Å²) in [6, 6.07) is -0.213. The molecule has 0 aliphatic carbocycles. The highest BCUT2D eigenvalue weighted by molar-refractivity contribution is 5.73. The van der Waals surface area contributed by atoms with Crippen LogP contribution in [0.1, 0.15) is 6.92 Å². The van der Waals surface area contributed by atoms with Crippen molar-refractivity contribution in [2.75, 3.05) is 13.2 Å². The third-order valence-electron chi connectivity index (χ3n) is 0.600. The van der Waals surface area contributed by atoms with E-state index < -0.39 is 0 Å². The molecular formula is C4H11N3O. The second-order valence-electron chi connectivity index (χ2n) is 1.24. The number of hydrogen-bond acceptors (Lipinski definition) is 2. The molecule has 2 amide bonds. The summed E-state index contributed by atoms with van der Waals surface area (Å²) in [5.41, 5.74) is 4.99. The molecule has 0 heterocycles. The van der Waals surface area contributed by atoms with Crippen LogP contribution in [0.5, 0.6) is 0 Å². The van der Waals surface area contributed by atoms with Crippen LogP contribution < -0.4 is 16.4 Å². The highest BCUT2D eigenvalue weighted by Crippen LogP contribution is 1.57. The minimum atomic E-state index is -0.213. The molecule has 0 saturated heterocycles. The fourth-order valence-electron chi connectivity index (χ4n) is 0.316. The lowest BCUT2D eigenvalue weighted by molar-refractivity contribution is 0.242. The molecule has 4 heteroatoms. The van der Waals surface area contributed by atoms with E-state index in [2.05, 4.69) is 10.6 Å². The summed E-state index contributed by atoms with van der Waals surface area (Å²) in [5, 5.41) is 4.89. The number of hydrogen-bond donors (Lipinski definition) is 3. The van der Waals surface area contributed by atoms with Gasteiger partial charge in [-0.3, -0.25) is 0 Å². The van der Waals surface area contributed by atoms with E-state index in [1.807, 2.05) is 6.92 Å². The first kappa shape index (κ1) is 7.23. The van der Waals surface area contributed by atoms with Gasteiger partial charge in [-0.2, -0.15) is 0 Å². The normalized spacial score (nSPS) is 8.25. The monoisotopic (exact) mass is 117 g/mol. The molecule has 4 nitrogen and oxygen atoms in total. The second kappa shape index (κ2) is 4.39. The minimum Gasteiger partial charge on any atom is -0.338 e. The van der Waals surface area contributed by atoms with Gasteiger partial charge in [0.2, 0.25) is 0 Å². The van der Waals surface area contributed by atoms with Gasteiger partial charge in [0.1, 0.15) is 0 Å². The lowest BCUT2D eigenvalue weighted by Crippen LogP contribution is -2.38. The van der Waals surface area contributed by atoms with Gasteiger partial charge >= 0.3 is 6.03 Å². The Bertz CT molecular complexity index is 65.7. The Kier molecular flexibility index (Phi) is 3.97. The summed E-state index contributed by atoms with van der Waals surface area (Å²) < 4.78 is 0. The van der Waals surface area contributed by atoms with Crippen molar-refractivity contribution in [3.8, 4) is 0 Å². The van der Waals surface area contributed by atoms with E-state index in [4.69, 9.17) is 5.73 Å². The fourth-order valence-corrected chi connectivity index (χ4v) is 0.316. The van der Waals surface area contributed by atoms with Gasteiger partial charge in [0, 0.05) is 6.54 Å². The maximum atomic E-state index is 10.3. The molecule has 0 rings (SSSR count). The molecule has 0 aliphatic rings. The molecule has 0 fully saturated rings. The van der Waals surface area contributed by atoms with E-state index in [-0.39, 0.29) is 12.7 Å². The summed E-state index contributed by atoms with van der Waals surface area (Å²) in [6.07, 6.45) is 0. The summed E-state index contributed by atoms with van der Waals surface area (Å²) >= 11 is 0. The van der Waals surface area contributed by atoms with Crippen LogP contribution in [0, 0.1) is 0 Å². The van der Waals surface area contributed by atoms with Crippen molar-refractivity contribution in [3.05, 3.63) is 0 Å². The summed E-state index contributed by atoms with van der Waals surface area (Å²) in [7, 11) is 0.